The summed E-state index contributed by atoms with van der Waals surface area (Å²) in [5.74, 6) is -0.790. The minimum atomic E-state index is -0.771. The lowest BCUT2D eigenvalue weighted by molar-refractivity contribution is -0.159. The number of aliphatic carboxylic acids is 1. The van der Waals surface area contributed by atoms with Gasteiger partial charge in [0.15, 0.2) is 5.78 Å². The van der Waals surface area contributed by atoms with Gasteiger partial charge in [0, 0.05) is 31.1 Å². The Hall–Kier alpha value is -2.47. The zero-order chi connectivity index (χ0) is 19.7. The second-order valence-electron chi connectivity index (χ2n) is 8.08. The van der Waals surface area contributed by atoms with E-state index in [-0.39, 0.29) is 24.2 Å². The van der Waals surface area contributed by atoms with E-state index in [1.54, 1.807) is 4.90 Å². The molecular weight excluding hydrogens is 356 g/mol. The molecule has 0 unspecified atom stereocenters. The molecule has 1 aromatic carbocycles. The fourth-order valence-electron chi connectivity index (χ4n) is 4.96. The highest BCUT2D eigenvalue weighted by Gasteiger charge is 2.50. The average molecular weight is 382 g/mol. The highest BCUT2D eigenvalue weighted by molar-refractivity contribution is 6.10. The standard InChI is InChI=1S/C22H26N2O4/c25-18-8-7-16(15-5-2-1-3-6-15)17(18)13-20(26)24-12-10-22(21(27)28)9-4-11-23-19(22)14-24/h1-3,5-6,19,23H,4,7-14H2,(H,27,28)/t19-,22+/m1/s1. The number of rotatable bonds is 4. The number of amides is 1. The quantitative estimate of drug-likeness (QED) is 0.834. The first-order valence-corrected chi connectivity index (χ1v) is 10.1. The molecule has 148 valence electrons. The van der Waals surface area contributed by atoms with Gasteiger partial charge in [-0.05, 0) is 43.4 Å². The first-order valence-electron chi connectivity index (χ1n) is 10.1. The number of allylic oxidation sites excluding steroid dienone is 1. The Bertz CT molecular complexity index is 832. The molecule has 2 heterocycles. The molecule has 2 saturated heterocycles. The van der Waals surface area contributed by atoms with E-state index < -0.39 is 11.4 Å². The summed E-state index contributed by atoms with van der Waals surface area (Å²) in [5.41, 5.74) is 1.84. The lowest BCUT2D eigenvalue weighted by Crippen LogP contribution is -2.63. The van der Waals surface area contributed by atoms with Gasteiger partial charge < -0.3 is 15.3 Å². The third-order valence-corrected chi connectivity index (χ3v) is 6.62. The van der Waals surface area contributed by atoms with Crippen LogP contribution in [0.5, 0.6) is 0 Å². The van der Waals surface area contributed by atoms with Crippen LogP contribution in [0.15, 0.2) is 35.9 Å². The molecule has 1 aliphatic carbocycles. The van der Waals surface area contributed by atoms with E-state index >= 15 is 0 Å². The number of carboxylic acids is 1. The van der Waals surface area contributed by atoms with Crippen molar-refractivity contribution in [2.24, 2.45) is 5.41 Å². The Balaban J connectivity index is 1.51. The van der Waals surface area contributed by atoms with E-state index in [2.05, 4.69) is 5.32 Å². The van der Waals surface area contributed by atoms with Crippen molar-refractivity contribution in [1.29, 1.82) is 0 Å². The summed E-state index contributed by atoms with van der Waals surface area (Å²) in [4.78, 5) is 39.1. The number of carbonyl (C=O) groups excluding carboxylic acids is 2. The van der Waals surface area contributed by atoms with Crippen molar-refractivity contribution in [1.82, 2.24) is 10.2 Å². The fraction of sp³-hybridized carbons (Fsp3) is 0.500. The molecule has 1 aromatic rings. The van der Waals surface area contributed by atoms with Gasteiger partial charge >= 0.3 is 5.97 Å². The number of nitrogens with one attached hydrogen (secondary N) is 1. The predicted molar refractivity (Wildman–Crippen MR) is 105 cm³/mol. The molecule has 2 fully saturated rings. The largest absolute Gasteiger partial charge is 0.481 e. The molecule has 6 heteroatoms. The normalized spacial score (nSPS) is 27.6. The number of fused-ring (bicyclic) bond motifs is 1. The van der Waals surface area contributed by atoms with Gasteiger partial charge in [0.2, 0.25) is 5.91 Å². The summed E-state index contributed by atoms with van der Waals surface area (Å²) in [6, 6.07) is 9.55. The summed E-state index contributed by atoms with van der Waals surface area (Å²) in [6.07, 6.45) is 3.21. The highest BCUT2D eigenvalue weighted by Crippen LogP contribution is 2.40. The molecule has 4 rings (SSSR count). The predicted octanol–water partition coefficient (Wildman–Crippen LogP) is 2.25. The molecular formula is C22H26N2O4. The molecule has 3 aliphatic rings. The molecule has 0 spiro atoms. The summed E-state index contributed by atoms with van der Waals surface area (Å²) in [7, 11) is 0. The number of nitrogens with zero attached hydrogens (tertiary/aromatic N) is 1. The van der Waals surface area contributed by atoms with Gasteiger partial charge in [-0.3, -0.25) is 14.4 Å². The third kappa shape index (κ3) is 3.26. The lowest BCUT2D eigenvalue weighted by atomic mass is 9.69. The van der Waals surface area contributed by atoms with Crippen LogP contribution in [0.25, 0.3) is 5.57 Å². The van der Waals surface area contributed by atoms with Crippen molar-refractivity contribution in [2.45, 2.75) is 44.6 Å². The van der Waals surface area contributed by atoms with Crippen molar-refractivity contribution >= 4 is 23.2 Å². The molecule has 0 radical (unpaired) electrons. The van der Waals surface area contributed by atoms with Crippen molar-refractivity contribution < 1.29 is 19.5 Å². The summed E-state index contributed by atoms with van der Waals surface area (Å²) in [5, 5.41) is 13.1. The molecule has 0 bridgehead atoms. The van der Waals surface area contributed by atoms with E-state index in [0.29, 0.717) is 44.3 Å². The Morgan fingerprint density at radius 2 is 1.96 bits per heavy atom. The molecule has 6 nitrogen and oxygen atoms in total. The number of ketones is 1. The van der Waals surface area contributed by atoms with Crippen molar-refractivity contribution in [2.75, 3.05) is 19.6 Å². The van der Waals surface area contributed by atoms with Gasteiger partial charge in [-0.15, -0.1) is 0 Å². The van der Waals surface area contributed by atoms with Gasteiger partial charge in [-0.25, -0.2) is 0 Å². The second-order valence-corrected chi connectivity index (χ2v) is 8.08. The van der Waals surface area contributed by atoms with Gasteiger partial charge in [-0.1, -0.05) is 30.3 Å². The van der Waals surface area contributed by atoms with Crippen LogP contribution in [0.1, 0.15) is 44.1 Å². The molecule has 0 aromatic heterocycles. The minimum absolute atomic E-state index is 0.0555. The third-order valence-electron chi connectivity index (χ3n) is 6.62. The van der Waals surface area contributed by atoms with E-state index in [1.165, 1.54) is 0 Å². The molecule has 1 amide bonds. The fourth-order valence-corrected chi connectivity index (χ4v) is 4.96. The number of hydrogen-bond donors (Lipinski definition) is 2. The van der Waals surface area contributed by atoms with Crippen LogP contribution in [0.3, 0.4) is 0 Å². The maximum absolute atomic E-state index is 13.0. The van der Waals surface area contributed by atoms with E-state index in [9.17, 15) is 19.5 Å². The van der Waals surface area contributed by atoms with Gasteiger partial charge in [0.1, 0.15) is 0 Å². The van der Waals surface area contributed by atoms with Crippen LogP contribution in [0, 0.1) is 5.41 Å². The molecule has 2 atom stereocenters. The van der Waals surface area contributed by atoms with Crippen LogP contribution in [0.2, 0.25) is 0 Å². The van der Waals surface area contributed by atoms with Gasteiger partial charge in [0.05, 0.1) is 11.8 Å². The maximum atomic E-state index is 13.0. The van der Waals surface area contributed by atoms with Crippen LogP contribution in [-0.2, 0) is 14.4 Å². The zero-order valence-corrected chi connectivity index (χ0v) is 15.9. The SMILES string of the molecule is O=C1CCC(c2ccccc2)=C1CC(=O)N1CC[C@@]2(C(=O)O)CCCN[C@@H]2C1. The van der Waals surface area contributed by atoms with E-state index in [1.807, 2.05) is 30.3 Å². The van der Waals surface area contributed by atoms with Crippen LogP contribution < -0.4 is 5.32 Å². The highest BCUT2D eigenvalue weighted by atomic mass is 16.4. The van der Waals surface area contributed by atoms with Crippen molar-refractivity contribution in [3.63, 3.8) is 0 Å². The molecule has 28 heavy (non-hydrogen) atoms. The molecule has 0 saturated carbocycles. The zero-order valence-electron chi connectivity index (χ0n) is 15.9. The topological polar surface area (TPSA) is 86.7 Å². The number of carboxylic acid groups (broad SMARTS) is 1. The Morgan fingerprint density at radius 3 is 2.71 bits per heavy atom. The number of piperidine rings is 2. The Labute approximate surface area is 164 Å². The van der Waals surface area contributed by atoms with E-state index in [4.69, 9.17) is 0 Å². The monoisotopic (exact) mass is 382 g/mol. The Kier molecular flexibility index (Phi) is 5.06. The van der Waals surface area contributed by atoms with Crippen molar-refractivity contribution in [3.8, 4) is 0 Å². The lowest BCUT2D eigenvalue weighted by Gasteiger charge is -2.48. The minimum Gasteiger partial charge on any atom is -0.481 e. The number of benzene rings is 1. The number of likely N-dealkylation sites (tertiary alicyclic amines) is 1. The number of carbonyl (C=O) groups is 3. The number of hydrogen-bond acceptors (Lipinski definition) is 4. The first kappa shape index (κ1) is 18.9. The molecule has 2 N–H and O–H groups in total. The second kappa shape index (κ2) is 7.51. The average Bonchev–Trinajstić information content (AvgIpc) is 3.08. The smallest absolute Gasteiger partial charge is 0.311 e. The van der Waals surface area contributed by atoms with E-state index in [0.717, 1.165) is 24.1 Å². The maximum Gasteiger partial charge on any atom is 0.311 e. The summed E-state index contributed by atoms with van der Waals surface area (Å²) >= 11 is 0. The number of Topliss-reactive ketones (excluding diaryl/α,β-unsaturated/α-hetero) is 1. The molecule has 2 aliphatic heterocycles. The van der Waals surface area contributed by atoms with Crippen LogP contribution in [-0.4, -0.2) is 53.3 Å². The summed E-state index contributed by atoms with van der Waals surface area (Å²) < 4.78 is 0. The van der Waals surface area contributed by atoms with Crippen LogP contribution in [0.4, 0.5) is 0 Å². The van der Waals surface area contributed by atoms with Crippen LogP contribution >= 0.6 is 0 Å². The summed E-state index contributed by atoms with van der Waals surface area (Å²) in [6.45, 7) is 1.61. The first-order chi connectivity index (χ1) is 13.5. The van der Waals surface area contributed by atoms with Gasteiger partial charge in [-0.2, -0.15) is 0 Å². The Morgan fingerprint density at radius 1 is 1.18 bits per heavy atom. The van der Waals surface area contributed by atoms with Crippen molar-refractivity contribution in [3.05, 3.63) is 41.5 Å². The van der Waals surface area contributed by atoms with Gasteiger partial charge in [0.25, 0.3) is 0 Å².